The molecular formula is C20H19N3O3S. The number of thiazole rings is 1. The second-order valence-electron chi connectivity index (χ2n) is 6.19. The van der Waals surface area contributed by atoms with Crippen LogP contribution in [0.2, 0.25) is 0 Å². The van der Waals surface area contributed by atoms with E-state index in [-0.39, 0.29) is 12.0 Å². The highest BCUT2D eigenvalue weighted by Crippen LogP contribution is 2.25. The zero-order chi connectivity index (χ0) is 18.5. The molecule has 1 fully saturated rings. The predicted molar refractivity (Wildman–Crippen MR) is 104 cm³/mol. The van der Waals surface area contributed by atoms with Gasteiger partial charge in [-0.15, -0.1) is 11.3 Å². The predicted octanol–water partition coefficient (Wildman–Crippen LogP) is 4.02. The molecule has 0 saturated carbocycles. The number of benzene rings is 1. The first-order valence-corrected chi connectivity index (χ1v) is 9.61. The summed E-state index contributed by atoms with van der Waals surface area (Å²) < 4.78 is 11.3. The van der Waals surface area contributed by atoms with Gasteiger partial charge in [0.1, 0.15) is 22.2 Å². The van der Waals surface area contributed by atoms with E-state index < -0.39 is 0 Å². The van der Waals surface area contributed by atoms with E-state index in [9.17, 15) is 4.79 Å². The number of anilines is 1. The summed E-state index contributed by atoms with van der Waals surface area (Å²) in [7, 11) is 0. The molecular weight excluding hydrogens is 362 g/mol. The molecule has 1 saturated heterocycles. The van der Waals surface area contributed by atoms with Gasteiger partial charge in [-0.25, -0.2) is 4.98 Å². The second-order valence-corrected chi connectivity index (χ2v) is 7.22. The summed E-state index contributed by atoms with van der Waals surface area (Å²) in [4.78, 5) is 21.3. The van der Waals surface area contributed by atoms with Gasteiger partial charge in [0.15, 0.2) is 0 Å². The maximum Gasteiger partial charge on any atom is 0.267 e. The molecule has 1 amide bonds. The Morgan fingerprint density at radius 3 is 2.78 bits per heavy atom. The molecule has 0 radical (unpaired) electrons. The third-order valence-corrected chi connectivity index (χ3v) is 5.27. The minimum atomic E-state index is -0.180. The van der Waals surface area contributed by atoms with Crippen molar-refractivity contribution >= 4 is 22.9 Å². The zero-order valence-electron chi connectivity index (χ0n) is 14.6. The monoisotopic (exact) mass is 381 g/mol. The Morgan fingerprint density at radius 1 is 1.22 bits per heavy atom. The van der Waals surface area contributed by atoms with Crippen molar-refractivity contribution in [3.8, 4) is 16.3 Å². The molecule has 0 spiro atoms. The van der Waals surface area contributed by atoms with Gasteiger partial charge in [-0.3, -0.25) is 9.78 Å². The molecule has 2 aromatic heterocycles. The van der Waals surface area contributed by atoms with Crippen LogP contribution in [0.15, 0.2) is 55.0 Å². The topological polar surface area (TPSA) is 73.3 Å². The Labute approximate surface area is 161 Å². The fourth-order valence-electron chi connectivity index (χ4n) is 2.80. The van der Waals surface area contributed by atoms with Gasteiger partial charge < -0.3 is 14.8 Å². The van der Waals surface area contributed by atoms with Crippen LogP contribution in [0.1, 0.15) is 22.5 Å². The fourth-order valence-corrected chi connectivity index (χ4v) is 3.62. The quantitative estimate of drug-likeness (QED) is 0.698. The van der Waals surface area contributed by atoms with E-state index in [1.165, 1.54) is 11.3 Å². The molecule has 1 N–H and O–H groups in total. The van der Waals surface area contributed by atoms with Crippen molar-refractivity contribution in [3.63, 3.8) is 0 Å². The van der Waals surface area contributed by atoms with Gasteiger partial charge in [0, 0.05) is 30.3 Å². The van der Waals surface area contributed by atoms with Crippen LogP contribution in [-0.4, -0.2) is 35.2 Å². The number of carbonyl (C=O) groups is 1. The largest absolute Gasteiger partial charge is 0.491 e. The minimum Gasteiger partial charge on any atom is -0.491 e. The van der Waals surface area contributed by atoms with Gasteiger partial charge in [0.05, 0.1) is 12.3 Å². The van der Waals surface area contributed by atoms with E-state index in [0.29, 0.717) is 17.2 Å². The highest BCUT2D eigenvalue weighted by atomic mass is 32.1. The van der Waals surface area contributed by atoms with E-state index in [0.717, 1.165) is 35.8 Å². The third kappa shape index (κ3) is 4.50. The SMILES string of the molecule is O=C(Nc1ccc(OCC2CCCO2)cc1)c1cnc(-c2ccncc2)s1. The normalized spacial score (nSPS) is 16.2. The van der Waals surface area contributed by atoms with Crippen LogP contribution in [0.3, 0.4) is 0 Å². The Balaban J connectivity index is 1.34. The van der Waals surface area contributed by atoms with Gasteiger partial charge >= 0.3 is 0 Å². The van der Waals surface area contributed by atoms with Gasteiger partial charge in [-0.1, -0.05) is 0 Å². The second kappa shape index (κ2) is 8.28. The Kier molecular flexibility index (Phi) is 5.41. The Bertz CT molecular complexity index is 890. The number of aromatic nitrogens is 2. The standard InChI is InChI=1S/C20H19N3O3S/c24-19(18-12-22-20(27-18)14-7-9-21-10-8-14)23-15-3-5-16(6-4-15)26-13-17-2-1-11-25-17/h3-10,12,17H,1-2,11,13H2,(H,23,24). The van der Waals surface area contributed by atoms with Crippen LogP contribution in [0.5, 0.6) is 5.75 Å². The molecule has 1 aliphatic rings. The Hall–Kier alpha value is -2.77. The van der Waals surface area contributed by atoms with E-state index in [1.807, 2.05) is 36.4 Å². The average molecular weight is 381 g/mol. The van der Waals surface area contributed by atoms with Crippen molar-refractivity contribution in [2.45, 2.75) is 18.9 Å². The molecule has 3 aromatic rings. The van der Waals surface area contributed by atoms with E-state index in [2.05, 4.69) is 15.3 Å². The van der Waals surface area contributed by atoms with Crippen molar-refractivity contribution < 1.29 is 14.3 Å². The van der Waals surface area contributed by atoms with Crippen molar-refractivity contribution in [2.75, 3.05) is 18.5 Å². The van der Waals surface area contributed by atoms with Crippen LogP contribution < -0.4 is 10.1 Å². The number of pyridine rings is 1. The van der Waals surface area contributed by atoms with Crippen molar-refractivity contribution in [1.82, 2.24) is 9.97 Å². The van der Waals surface area contributed by atoms with Crippen LogP contribution >= 0.6 is 11.3 Å². The number of ether oxygens (including phenoxy) is 2. The summed E-state index contributed by atoms with van der Waals surface area (Å²) in [5.41, 5.74) is 1.66. The summed E-state index contributed by atoms with van der Waals surface area (Å²) in [5, 5.41) is 3.68. The van der Waals surface area contributed by atoms with Crippen molar-refractivity contribution in [2.24, 2.45) is 0 Å². The first-order valence-electron chi connectivity index (χ1n) is 8.80. The first kappa shape index (κ1) is 17.6. The van der Waals surface area contributed by atoms with E-state index in [1.54, 1.807) is 18.6 Å². The molecule has 0 bridgehead atoms. The molecule has 6 nitrogen and oxygen atoms in total. The van der Waals surface area contributed by atoms with Crippen LogP contribution in [0, 0.1) is 0 Å². The Morgan fingerprint density at radius 2 is 2.04 bits per heavy atom. The van der Waals surface area contributed by atoms with Gasteiger partial charge in [-0.2, -0.15) is 0 Å². The number of nitrogens with one attached hydrogen (secondary N) is 1. The van der Waals surface area contributed by atoms with Gasteiger partial charge in [-0.05, 0) is 49.2 Å². The number of amides is 1. The number of carbonyl (C=O) groups excluding carboxylic acids is 1. The number of nitrogens with zero attached hydrogens (tertiary/aromatic N) is 2. The van der Waals surface area contributed by atoms with Crippen LogP contribution in [0.25, 0.3) is 10.6 Å². The molecule has 4 rings (SSSR count). The fraction of sp³-hybridized carbons (Fsp3) is 0.250. The lowest BCUT2D eigenvalue weighted by Gasteiger charge is -2.11. The zero-order valence-corrected chi connectivity index (χ0v) is 15.4. The third-order valence-electron chi connectivity index (χ3n) is 4.23. The minimum absolute atomic E-state index is 0.180. The molecule has 3 heterocycles. The summed E-state index contributed by atoms with van der Waals surface area (Å²) in [5.74, 6) is 0.585. The van der Waals surface area contributed by atoms with E-state index in [4.69, 9.17) is 9.47 Å². The molecule has 1 atom stereocenters. The number of hydrogen-bond donors (Lipinski definition) is 1. The average Bonchev–Trinajstić information content (AvgIpc) is 3.40. The summed E-state index contributed by atoms with van der Waals surface area (Å²) in [6.45, 7) is 1.38. The van der Waals surface area contributed by atoms with Crippen LogP contribution in [0.4, 0.5) is 5.69 Å². The number of hydrogen-bond acceptors (Lipinski definition) is 6. The summed E-state index contributed by atoms with van der Waals surface area (Å²) in [6.07, 6.45) is 7.33. The molecule has 138 valence electrons. The van der Waals surface area contributed by atoms with Crippen molar-refractivity contribution in [1.29, 1.82) is 0 Å². The molecule has 0 aliphatic carbocycles. The van der Waals surface area contributed by atoms with Crippen LogP contribution in [-0.2, 0) is 4.74 Å². The summed E-state index contributed by atoms with van der Waals surface area (Å²) >= 11 is 1.35. The van der Waals surface area contributed by atoms with E-state index >= 15 is 0 Å². The summed E-state index contributed by atoms with van der Waals surface area (Å²) in [6, 6.07) is 11.1. The highest BCUT2D eigenvalue weighted by Gasteiger charge is 2.16. The lowest BCUT2D eigenvalue weighted by Crippen LogP contribution is -2.16. The van der Waals surface area contributed by atoms with Crippen molar-refractivity contribution in [3.05, 3.63) is 59.9 Å². The lowest BCUT2D eigenvalue weighted by molar-refractivity contribution is 0.0679. The lowest BCUT2D eigenvalue weighted by atomic mass is 10.2. The highest BCUT2D eigenvalue weighted by molar-refractivity contribution is 7.17. The molecule has 1 aliphatic heterocycles. The van der Waals surface area contributed by atoms with Gasteiger partial charge in [0.25, 0.3) is 5.91 Å². The van der Waals surface area contributed by atoms with Gasteiger partial charge in [0.2, 0.25) is 0 Å². The molecule has 1 unspecified atom stereocenters. The molecule has 27 heavy (non-hydrogen) atoms. The number of rotatable bonds is 6. The maximum absolute atomic E-state index is 12.4. The first-order chi connectivity index (χ1) is 13.3. The molecule has 1 aromatic carbocycles. The smallest absolute Gasteiger partial charge is 0.267 e. The molecule has 7 heteroatoms. The maximum atomic E-state index is 12.4.